The third-order valence-electron chi connectivity index (χ3n) is 7.19. The predicted octanol–water partition coefficient (Wildman–Crippen LogP) is 7.25. The van der Waals surface area contributed by atoms with Gasteiger partial charge in [-0.15, -0.1) is 4.91 Å². The first-order chi connectivity index (χ1) is 16.9. The molecule has 3 aromatic rings. The summed E-state index contributed by atoms with van der Waals surface area (Å²) >= 11 is 0. The zero-order chi connectivity index (χ0) is 26.4. The Hall–Kier alpha value is -3.38. The summed E-state index contributed by atoms with van der Waals surface area (Å²) in [5.41, 5.74) is 5.76. The third kappa shape index (κ3) is 4.58. The highest BCUT2D eigenvalue weighted by Gasteiger charge is 2.37. The van der Waals surface area contributed by atoms with Crippen LogP contribution in [0.3, 0.4) is 0 Å². The van der Waals surface area contributed by atoms with E-state index in [2.05, 4.69) is 58.9 Å². The largest absolute Gasteiger partial charge is 0.507 e. The molecule has 1 heterocycles. The molecule has 0 saturated carbocycles. The van der Waals surface area contributed by atoms with Crippen molar-refractivity contribution in [2.45, 2.75) is 71.1 Å². The standard InChI is InChI=1S/C30H36N2O4/c1-17-25(36-31)13-12-21-26(18-8-10-20(32-34)11-9-18)22(16-35-28(17)21)19-14-23(29(2,3)4)27(33)24(15-19)30(5,6)7/h8-15,22,26,33H,16,31H2,1-7H3. The maximum absolute atomic E-state index is 11.3. The fraction of sp³-hybridized carbons (Fsp3) is 0.400. The zero-order valence-electron chi connectivity index (χ0n) is 22.2. The second kappa shape index (κ2) is 9.25. The zero-order valence-corrected chi connectivity index (χ0v) is 22.2. The minimum Gasteiger partial charge on any atom is -0.507 e. The minimum absolute atomic E-state index is 0.0283. The maximum Gasteiger partial charge on any atom is 0.153 e. The number of phenolic OH excluding ortho intramolecular Hbond substituents is 1. The molecule has 0 saturated heterocycles. The van der Waals surface area contributed by atoms with Gasteiger partial charge in [0, 0.05) is 23.0 Å². The van der Waals surface area contributed by atoms with Crippen LogP contribution in [0.4, 0.5) is 5.69 Å². The summed E-state index contributed by atoms with van der Waals surface area (Å²) in [6.45, 7) is 15.1. The molecule has 0 radical (unpaired) electrons. The molecule has 0 bridgehead atoms. The molecule has 0 aliphatic carbocycles. The fourth-order valence-corrected chi connectivity index (χ4v) is 5.20. The van der Waals surface area contributed by atoms with Crippen LogP contribution < -0.4 is 15.5 Å². The number of benzene rings is 3. The quantitative estimate of drug-likeness (QED) is 0.298. The molecule has 2 atom stereocenters. The molecule has 3 N–H and O–H groups in total. The van der Waals surface area contributed by atoms with E-state index >= 15 is 0 Å². The summed E-state index contributed by atoms with van der Waals surface area (Å²) in [7, 11) is 0. The number of fused-ring (bicyclic) bond motifs is 1. The maximum atomic E-state index is 11.3. The van der Waals surface area contributed by atoms with Crippen LogP contribution >= 0.6 is 0 Å². The van der Waals surface area contributed by atoms with Crippen molar-refractivity contribution in [1.82, 2.24) is 0 Å². The van der Waals surface area contributed by atoms with Crippen molar-refractivity contribution >= 4 is 5.69 Å². The van der Waals surface area contributed by atoms with E-state index in [0.717, 1.165) is 39.1 Å². The Morgan fingerprint density at radius 1 is 0.944 bits per heavy atom. The molecule has 2 unspecified atom stereocenters. The van der Waals surface area contributed by atoms with Crippen LogP contribution in [0.1, 0.15) is 86.8 Å². The SMILES string of the molecule is Cc1c(ON)ccc2c1OCC(c1cc(C(C)(C)C)c(O)c(C(C)(C)C)c1)C2c1ccc(N=O)cc1. The lowest BCUT2D eigenvalue weighted by Gasteiger charge is -2.37. The first-order valence-corrected chi connectivity index (χ1v) is 12.3. The van der Waals surface area contributed by atoms with E-state index in [1.165, 1.54) is 0 Å². The number of aromatic hydroxyl groups is 1. The van der Waals surface area contributed by atoms with Crippen molar-refractivity contribution in [3.63, 3.8) is 0 Å². The summed E-state index contributed by atoms with van der Waals surface area (Å²) in [6.07, 6.45) is 0. The molecule has 0 spiro atoms. The van der Waals surface area contributed by atoms with Crippen LogP contribution in [-0.4, -0.2) is 11.7 Å². The lowest BCUT2D eigenvalue weighted by molar-refractivity contribution is 0.243. The van der Waals surface area contributed by atoms with Gasteiger partial charge in [0.25, 0.3) is 0 Å². The number of hydrogen-bond acceptors (Lipinski definition) is 6. The molecule has 0 fully saturated rings. The smallest absolute Gasteiger partial charge is 0.153 e. The number of nitrogens with zero attached hydrogens (tertiary/aromatic N) is 1. The Bertz CT molecular complexity index is 1250. The first-order valence-electron chi connectivity index (χ1n) is 12.3. The topological polar surface area (TPSA) is 94.1 Å². The van der Waals surface area contributed by atoms with E-state index in [1.54, 1.807) is 12.1 Å². The fourth-order valence-electron chi connectivity index (χ4n) is 5.20. The Balaban J connectivity index is 1.97. The van der Waals surface area contributed by atoms with Gasteiger partial charge in [-0.1, -0.05) is 71.9 Å². The molecular weight excluding hydrogens is 452 g/mol. The Morgan fingerprint density at radius 3 is 2.03 bits per heavy atom. The van der Waals surface area contributed by atoms with Crippen LogP contribution in [-0.2, 0) is 10.8 Å². The molecule has 36 heavy (non-hydrogen) atoms. The van der Waals surface area contributed by atoms with Gasteiger partial charge >= 0.3 is 0 Å². The number of ether oxygens (including phenoxy) is 1. The molecule has 4 rings (SSSR count). The molecule has 6 heteroatoms. The third-order valence-corrected chi connectivity index (χ3v) is 7.19. The lowest BCUT2D eigenvalue weighted by atomic mass is 9.72. The first kappa shape index (κ1) is 25.7. The van der Waals surface area contributed by atoms with Crippen molar-refractivity contribution in [3.05, 3.63) is 86.8 Å². The van der Waals surface area contributed by atoms with E-state index < -0.39 is 0 Å². The monoisotopic (exact) mass is 488 g/mol. The average molecular weight is 489 g/mol. The van der Waals surface area contributed by atoms with Gasteiger partial charge in [-0.05, 0) is 63.4 Å². The second-order valence-corrected chi connectivity index (χ2v) is 11.8. The normalized spacial score (nSPS) is 17.8. The Morgan fingerprint density at radius 2 is 1.53 bits per heavy atom. The Kier molecular flexibility index (Phi) is 6.60. The average Bonchev–Trinajstić information content (AvgIpc) is 2.82. The van der Waals surface area contributed by atoms with Gasteiger partial charge in [0.15, 0.2) is 5.75 Å². The van der Waals surface area contributed by atoms with E-state index in [4.69, 9.17) is 15.5 Å². The summed E-state index contributed by atoms with van der Waals surface area (Å²) in [4.78, 5) is 16.1. The highest BCUT2D eigenvalue weighted by atomic mass is 16.6. The van der Waals surface area contributed by atoms with E-state index in [9.17, 15) is 10.0 Å². The van der Waals surface area contributed by atoms with Gasteiger partial charge in [-0.25, -0.2) is 0 Å². The van der Waals surface area contributed by atoms with Gasteiger partial charge in [-0.3, -0.25) is 0 Å². The van der Waals surface area contributed by atoms with Crippen molar-refractivity contribution in [2.24, 2.45) is 11.1 Å². The number of hydrogen-bond donors (Lipinski definition) is 2. The highest BCUT2D eigenvalue weighted by Crippen LogP contribution is 2.51. The molecule has 0 amide bonds. The number of phenols is 1. The van der Waals surface area contributed by atoms with Gasteiger partial charge in [0.1, 0.15) is 17.2 Å². The molecule has 3 aromatic carbocycles. The van der Waals surface area contributed by atoms with Crippen LogP contribution in [0.2, 0.25) is 0 Å². The Labute approximate surface area is 213 Å². The number of nitroso groups, excluding NO2 is 1. The molecule has 190 valence electrons. The number of nitrogens with two attached hydrogens (primary N) is 1. The van der Waals surface area contributed by atoms with Gasteiger partial charge in [0.2, 0.25) is 0 Å². The van der Waals surface area contributed by atoms with Gasteiger partial charge in [0.05, 0.1) is 6.61 Å². The highest BCUT2D eigenvalue weighted by molar-refractivity contribution is 5.58. The van der Waals surface area contributed by atoms with Gasteiger partial charge < -0.3 is 14.7 Å². The number of rotatable bonds is 4. The van der Waals surface area contributed by atoms with Crippen molar-refractivity contribution in [2.75, 3.05) is 6.61 Å². The van der Waals surface area contributed by atoms with E-state index in [0.29, 0.717) is 23.8 Å². The van der Waals surface area contributed by atoms with Gasteiger partial charge in [-0.2, -0.15) is 5.90 Å². The summed E-state index contributed by atoms with van der Waals surface area (Å²) < 4.78 is 6.38. The minimum atomic E-state index is -0.246. The van der Waals surface area contributed by atoms with Crippen molar-refractivity contribution in [1.29, 1.82) is 0 Å². The lowest BCUT2D eigenvalue weighted by Crippen LogP contribution is -2.27. The summed E-state index contributed by atoms with van der Waals surface area (Å²) in [6, 6.07) is 15.5. The molecular formula is C30H36N2O4. The van der Waals surface area contributed by atoms with Crippen LogP contribution in [0.5, 0.6) is 17.2 Å². The van der Waals surface area contributed by atoms with Crippen molar-refractivity contribution < 1.29 is 14.7 Å². The molecule has 1 aliphatic heterocycles. The van der Waals surface area contributed by atoms with E-state index in [-0.39, 0.29) is 22.7 Å². The molecule has 1 aliphatic rings. The summed E-state index contributed by atoms with van der Waals surface area (Å²) in [5.74, 6) is 7.10. The van der Waals surface area contributed by atoms with Crippen LogP contribution in [0.25, 0.3) is 0 Å². The van der Waals surface area contributed by atoms with Crippen molar-refractivity contribution in [3.8, 4) is 17.2 Å². The molecule has 0 aromatic heterocycles. The summed E-state index contributed by atoms with van der Waals surface area (Å²) in [5, 5.41) is 14.3. The predicted molar refractivity (Wildman–Crippen MR) is 143 cm³/mol. The second-order valence-electron chi connectivity index (χ2n) is 11.8. The van der Waals surface area contributed by atoms with Crippen LogP contribution in [0, 0.1) is 11.8 Å². The van der Waals surface area contributed by atoms with E-state index in [1.807, 2.05) is 31.2 Å². The molecule has 6 nitrogen and oxygen atoms in total. The van der Waals surface area contributed by atoms with Crippen LogP contribution in [0.15, 0.2) is 53.7 Å².